The lowest BCUT2D eigenvalue weighted by Crippen LogP contribution is -2.20. The summed E-state index contributed by atoms with van der Waals surface area (Å²) in [6.45, 7) is 0. The molecule has 0 bridgehead atoms. The summed E-state index contributed by atoms with van der Waals surface area (Å²) in [5, 5.41) is 15.6. The first kappa shape index (κ1) is 22.2. The van der Waals surface area contributed by atoms with Crippen LogP contribution >= 0.6 is 12.2 Å². The zero-order chi connectivity index (χ0) is 23.6. The maximum absolute atomic E-state index is 12.7. The molecular formula is C22H16F3N5O2S. The molecule has 11 heteroatoms. The van der Waals surface area contributed by atoms with E-state index in [2.05, 4.69) is 25.6 Å². The van der Waals surface area contributed by atoms with Crippen LogP contribution in [0, 0.1) is 0 Å². The Morgan fingerprint density at radius 3 is 2.45 bits per heavy atom. The van der Waals surface area contributed by atoms with E-state index < -0.39 is 11.7 Å². The maximum atomic E-state index is 12.7. The molecule has 2 aromatic carbocycles. The lowest BCUT2D eigenvalue weighted by molar-refractivity contribution is -0.137. The molecule has 0 saturated carbocycles. The first-order chi connectivity index (χ1) is 15.7. The highest BCUT2D eigenvalue weighted by Crippen LogP contribution is 2.31. The number of nitrogens with one attached hydrogen (secondary N) is 2. The quantitative estimate of drug-likeness (QED) is 0.349. The Morgan fingerprint density at radius 1 is 1.00 bits per heavy atom. The van der Waals surface area contributed by atoms with Crippen LogP contribution in [0.25, 0.3) is 22.4 Å². The van der Waals surface area contributed by atoms with Gasteiger partial charge in [0.15, 0.2) is 28.1 Å². The number of phenols is 1. The molecule has 0 amide bonds. The number of phenolic OH excluding ortho intramolecular Hbond substituents is 1. The summed E-state index contributed by atoms with van der Waals surface area (Å²) in [5.41, 5.74) is 1.85. The van der Waals surface area contributed by atoms with Crippen molar-refractivity contribution in [3.8, 4) is 22.8 Å². The molecule has 0 unspecified atom stereocenters. The molecule has 4 aromatic rings. The van der Waals surface area contributed by atoms with Crippen molar-refractivity contribution < 1.29 is 23.0 Å². The first-order valence-electron chi connectivity index (χ1n) is 9.49. The van der Waals surface area contributed by atoms with Crippen molar-refractivity contribution in [2.75, 3.05) is 17.7 Å². The van der Waals surface area contributed by atoms with Crippen molar-refractivity contribution in [1.29, 1.82) is 0 Å². The highest BCUT2D eigenvalue weighted by molar-refractivity contribution is 7.80. The number of rotatable bonds is 4. The van der Waals surface area contributed by atoms with Gasteiger partial charge in [0.1, 0.15) is 5.52 Å². The van der Waals surface area contributed by atoms with Gasteiger partial charge in [-0.15, -0.1) is 0 Å². The molecule has 7 nitrogen and oxygen atoms in total. The molecule has 0 fully saturated rings. The molecule has 33 heavy (non-hydrogen) atoms. The number of benzene rings is 2. The Bertz CT molecular complexity index is 1330. The fraction of sp³-hybridized carbons (Fsp3) is 0.0909. The third-order valence-electron chi connectivity index (χ3n) is 4.59. The predicted molar refractivity (Wildman–Crippen MR) is 122 cm³/mol. The van der Waals surface area contributed by atoms with Gasteiger partial charge in [0.05, 0.1) is 24.6 Å². The van der Waals surface area contributed by atoms with Gasteiger partial charge in [0, 0.05) is 11.3 Å². The highest BCUT2D eigenvalue weighted by atomic mass is 32.1. The van der Waals surface area contributed by atoms with E-state index in [1.807, 2.05) is 0 Å². The number of hydrogen-bond acceptors (Lipinski definition) is 6. The molecule has 0 radical (unpaired) electrons. The van der Waals surface area contributed by atoms with Crippen molar-refractivity contribution in [3.05, 3.63) is 66.4 Å². The van der Waals surface area contributed by atoms with E-state index in [9.17, 15) is 18.3 Å². The number of ether oxygens (including phenoxy) is 1. The number of anilines is 2. The Kier molecular flexibility index (Phi) is 5.97. The smallest absolute Gasteiger partial charge is 0.416 e. The molecule has 3 N–H and O–H groups in total. The number of thiocarbonyl (C=S) groups is 1. The van der Waals surface area contributed by atoms with Crippen molar-refractivity contribution >= 4 is 40.0 Å². The molecule has 0 aliphatic heterocycles. The van der Waals surface area contributed by atoms with Crippen LogP contribution < -0.4 is 15.4 Å². The number of halogens is 3. The zero-order valence-corrected chi connectivity index (χ0v) is 17.8. The van der Waals surface area contributed by atoms with Gasteiger partial charge in [-0.05, 0) is 66.8 Å². The predicted octanol–water partition coefficient (Wildman–Crippen LogP) is 5.23. The van der Waals surface area contributed by atoms with E-state index in [1.54, 1.807) is 24.3 Å². The average Bonchev–Trinajstić information content (AvgIpc) is 2.78. The van der Waals surface area contributed by atoms with E-state index in [1.165, 1.54) is 31.5 Å². The molecular weight excluding hydrogens is 455 g/mol. The number of nitrogens with zero attached hydrogens (tertiary/aromatic N) is 3. The summed E-state index contributed by atoms with van der Waals surface area (Å²) in [5.74, 6) is 0.637. The molecule has 0 spiro atoms. The lowest BCUT2D eigenvalue weighted by atomic mass is 10.1. The van der Waals surface area contributed by atoms with Crippen LogP contribution in [0.15, 0.2) is 60.8 Å². The standard InChI is InChI=1S/C22H16F3N5O2S/c1-32-18-10-12(2-9-17(18)31)15-7-8-16-20(28-15)29-19(11-26-16)30-21(33)27-14-5-3-13(4-6-14)22(23,24)25/h2-11,31H,1H3,(H2,27,28,29,30,33). The van der Waals surface area contributed by atoms with E-state index in [0.717, 1.165) is 12.1 Å². The molecule has 0 saturated heterocycles. The van der Waals surface area contributed by atoms with Crippen LogP contribution in [0.5, 0.6) is 11.5 Å². The number of aromatic hydroxyl groups is 1. The van der Waals surface area contributed by atoms with Crippen molar-refractivity contribution in [2.24, 2.45) is 0 Å². The first-order valence-corrected chi connectivity index (χ1v) is 9.90. The van der Waals surface area contributed by atoms with E-state index in [-0.39, 0.29) is 10.9 Å². The fourth-order valence-corrected chi connectivity index (χ4v) is 3.20. The summed E-state index contributed by atoms with van der Waals surface area (Å²) in [6, 6.07) is 12.9. The van der Waals surface area contributed by atoms with Crippen molar-refractivity contribution in [2.45, 2.75) is 6.18 Å². The van der Waals surface area contributed by atoms with Crippen LogP contribution in [-0.4, -0.2) is 32.3 Å². The summed E-state index contributed by atoms with van der Waals surface area (Å²) < 4.78 is 43.2. The third kappa shape index (κ3) is 5.09. The molecule has 2 aromatic heterocycles. The fourth-order valence-electron chi connectivity index (χ4n) is 2.98. The lowest BCUT2D eigenvalue weighted by Gasteiger charge is -2.12. The normalized spacial score (nSPS) is 11.3. The van der Waals surface area contributed by atoms with Crippen LogP contribution in [0.1, 0.15) is 5.56 Å². The van der Waals surface area contributed by atoms with Crippen LogP contribution in [0.4, 0.5) is 24.7 Å². The van der Waals surface area contributed by atoms with Gasteiger partial charge in [-0.3, -0.25) is 0 Å². The number of fused-ring (bicyclic) bond motifs is 1. The van der Waals surface area contributed by atoms with E-state index in [4.69, 9.17) is 17.0 Å². The monoisotopic (exact) mass is 471 g/mol. The second-order valence-electron chi connectivity index (χ2n) is 6.84. The highest BCUT2D eigenvalue weighted by Gasteiger charge is 2.29. The largest absolute Gasteiger partial charge is 0.504 e. The molecule has 0 atom stereocenters. The second kappa shape index (κ2) is 8.87. The topological polar surface area (TPSA) is 92.2 Å². The molecule has 0 aliphatic rings. The van der Waals surface area contributed by atoms with Gasteiger partial charge < -0.3 is 20.5 Å². The molecule has 168 valence electrons. The van der Waals surface area contributed by atoms with Crippen molar-refractivity contribution in [1.82, 2.24) is 15.0 Å². The van der Waals surface area contributed by atoms with Gasteiger partial charge >= 0.3 is 6.18 Å². The van der Waals surface area contributed by atoms with Gasteiger partial charge in [-0.25, -0.2) is 15.0 Å². The molecule has 0 aliphatic carbocycles. The van der Waals surface area contributed by atoms with Gasteiger partial charge in [0.25, 0.3) is 0 Å². The van der Waals surface area contributed by atoms with Crippen LogP contribution in [-0.2, 0) is 6.18 Å². The summed E-state index contributed by atoms with van der Waals surface area (Å²) in [6.07, 6.45) is -2.94. The van der Waals surface area contributed by atoms with Gasteiger partial charge in [-0.2, -0.15) is 13.2 Å². The number of aromatic nitrogens is 3. The molecule has 4 rings (SSSR count). The Labute approximate surface area is 191 Å². The maximum Gasteiger partial charge on any atom is 0.416 e. The second-order valence-corrected chi connectivity index (χ2v) is 7.24. The Balaban J connectivity index is 1.52. The minimum absolute atomic E-state index is 0.0161. The van der Waals surface area contributed by atoms with Gasteiger partial charge in [-0.1, -0.05) is 0 Å². The van der Waals surface area contributed by atoms with Crippen LogP contribution in [0.3, 0.4) is 0 Å². The van der Waals surface area contributed by atoms with Gasteiger partial charge in [0.2, 0.25) is 0 Å². The number of methoxy groups -OCH3 is 1. The number of pyridine rings is 1. The van der Waals surface area contributed by atoms with Crippen LogP contribution in [0.2, 0.25) is 0 Å². The van der Waals surface area contributed by atoms with E-state index in [0.29, 0.717) is 39.7 Å². The minimum atomic E-state index is -4.41. The Morgan fingerprint density at radius 2 is 1.76 bits per heavy atom. The zero-order valence-electron chi connectivity index (χ0n) is 17.0. The third-order valence-corrected chi connectivity index (χ3v) is 4.80. The van der Waals surface area contributed by atoms with Crippen molar-refractivity contribution in [3.63, 3.8) is 0 Å². The average molecular weight is 471 g/mol. The summed E-state index contributed by atoms with van der Waals surface area (Å²) in [4.78, 5) is 13.2. The summed E-state index contributed by atoms with van der Waals surface area (Å²) in [7, 11) is 1.46. The Hall–Kier alpha value is -3.99. The molecule has 2 heterocycles. The SMILES string of the molecule is COc1cc(-c2ccc3ncc(NC(=S)Nc4ccc(C(F)(F)F)cc4)nc3n2)ccc1O. The number of hydrogen-bond donors (Lipinski definition) is 3. The minimum Gasteiger partial charge on any atom is -0.504 e. The van der Waals surface area contributed by atoms with E-state index >= 15 is 0 Å². The summed E-state index contributed by atoms with van der Waals surface area (Å²) >= 11 is 5.22. The number of alkyl halides is 3.